The van der Waals surface area contributed by atoms with Crippen LogP contribution in [0.1, 0.15) is 30.5 Å². The molecule has 2 heterocycles. The zero-order valence-electron chi connectivity index (χ0n) is 8.45. The fraction of sp³-hybridized carbons (Fsp3) is 0.700. The third kappa shape index (κ3) is 1.82. The summed E-state index contributed by atoms with van der Waals surface area (Å²) in [5.74, 6) is 0. The second-order valence-electron chi connectivity index (χ2n) is 4.06. The molecular weight excluding hydrogens is 196 g/mol. The van der Waals surface area contributed by atoms with E-state index in [0.29, 0.717) is 6.54 Å². The largest absolute Gasteiger partial charge is 0.380 e. The molecule has 14 heavy (non-hydrogen) atoms. The molecule has 1 aliphatic heterocycles. The molecule has 2 N–H and O–H groups in total. The Morgan fingerprint density at radius 3 is 3.14 bits per heavy atom. The van der Waals surface area contributed by atoms with Gasteiger partial charge in [-0.05, 0) is 12.8 Å². The van der Waals surface area contributed by atoms with Crippen LogP contribution in [0.25, 0.3) is 0 Å². The van der Waals surface area contributed by atoms with Crippen LogP contribution in [-0.4, -0.2) is 18.2 Å². The van der Waals surface area contributed by atoms with E-state index in [9.17, 15) is 0 Å². The van der Waals surface area contributed by atoms with E-state index in [-0.39, 0.29) is 5.41 Å². The van der Waals surface area contributed by atoms with Gasteiger partial charge in [0.1, 0.15) is 5.01 Å². The van der Waals surface area contributed by atoms with Gasteiger partial charge in [0, 0.05) is 23.9 Å². The Balaban J connectivity index is 2.19. The summed E-state index contributed by atoms with van der Waals surface area (Å²) in [6.45, 7) is 4.45. The first-order chi connectivity index (χ1) is 6.74. The number of nitrogens with two attached hydrogens (primary N) is 1. The average Bonchev–Trinajstić information content (AvgIpc) is 2.67. The maximum absolute atomic E-state index is 5.55. The minimum Gasteiger partial charge on any atom is -0.380 e. The summed E-state index contributed by atoms with van der Waals surface area (Å²) >= 11 is 1.71. The van der Waals surface area contributed by atoms with Crippen LogP contribution in [0.3, 0.4) is 0 Å². The minimum absolute atomic E-state index is 0.121. The average molecular weight is 212 g/mol. The van der Waals surface area contributed by atoms with Gasteiger partial charge in [-0.15, -0.1) is 11.3 Å². The molecule has 78 valence electrons. The predicted octanol–water partition coefficient (Wildman–Crippen LogP) is 1.67. The Morgan fingerprint density at radius 2 is 2.57 bits per heavy atom. The van der Waals surface area contributed by atoms with E-state index in [4.69, 9.17) is 10.5 Å². The molecular formula is C10H16N2OS. The molecule has 0 aromatic carbocycles. The molecule has 4 heteroatoms. The smallest absolute Gasteiger partial charge is 0.101 e. The van der Waals surface area contributed by atoms with Crippen molar-refractivity contribution in [2.75, 3.05) is 13.2 Å². The second-order valence-corrected chi connectivity index (χ2v) is 4.92. The van der Waals surface area contributed by atoms with Gasteiger partial charge in [-0.25, -0.2) is 4.98 Å². The van der Waals surface area contributed by atoms with Crippen molar-refractivity contribution in [3.8, 4) is 0 Å². The van der Waals surface area contributed by atoms with E-state index in [2.05, 4.69) is 17.3 Å². The fourth-order valence-electron chi connectivity index (χ4n) is 1.78. The van der Waals surface area contributed by atoms with Gasteiger partial charge >= 0.3 is 0 Å². The van der Waals surface area contributed by atoms with Crippen LogP contribution < -0.4 is 5.73 Å². The number of ether oxygens (including phenoxy) is 1. The first-order valence-electron chi connectivity index (χ1n) is 4.97. The van der Waals surface area contributed by atoms with Gasteiger partial charge in [-0.2, -0.15) is 0 Å². The van der Waals surface area contributed by atoms with Crippen molar-refractivity contribution in [1.82, 2.24) is 4.98 Å². The minimum atomic E-state index is 0.121. The molecule has 0 saturated carbocycles. The van der Waals surface area contributed by atoms with Crippen LogP contribution in [0.15, 0.2) is 5.38 Å². The van der Waals surface area contributed by atoms with Crippen LogP contribution in [-0.2, 0) is 16.7 Å². The summed E-state index contributed by atoms with van der Waals surface area (Å²) in [5.41, 5.74) is 6.67. The van der Waals surface area contributed by atoms with Crippen molar-refractivity contribution < 1.29 is 4.74 Å². The lowest BCUT2D eigenvalue weighted by atomic mass is 9.85. The van der Waals surface area contributed by atoms with E-state index in [1.807, 2.05) is 0 Å². The zero-order chi connectivity index (χ0) is 10.0. The quantitative estimate of drug-likeness (QED) is 0.811. The lowest BCUT2D eigenvalue weighted by molar-refractivity contribution is 0.0418. The lowest BCUT2D eigenvalue weighted by Crippen LogP contribution is -2.32. The van der Waals surface area contributed by atoms with Gasteiger partial charge in [0.25, 0.3) is 0 Å². The highest BCUT2D eigenvalue weighted by molar-refractivity contribution is 7.09. The molecule has 0 spiro atoms. The molecule has 1 unspecified atom stereocenters. The first kappa shape index (κ1) is 10.1. The maximum Gasteiger partial charge on any atom is 0.101 e. The Kier molecular flexibility index (Phi) is 2.85. The van der Waals surface area contributed by atoms with Crippen LogP contribution in [0.2, 0.25) is 0 Å². The standard InChI is InChI=1S/C10H16N2OS/c1-10(3-2-4-13-7-10)9-12-8(5-11)6-14-9/h6H,2-5,7,11H2,1H3. The lowest BCUT2D eigenvalue weighted by Gasteiger charge is -2.31. The third-order valence-electron chi connectivity index (χ3n) is 2.72. The Bertz CT molecular complexity index is 305. The van der Waals surface area contributed by atoms with Crippen LogP contribution in [0.4, 0.5) is 0 Å². The van der Waals surface area contributed by atoms with Gasteiger partial charge in [0.15, 0.2) is 0 Å². The van der Waals surface area contributed by atoms with E-state index < -0.39 is 0 Å². The van der Waals surface area contributed by atoms with E-state index in [1.54, 1.807) is 11.3 Å². The van der Waals surface area contributed by atoms with Crippen molar-refractivity contribution in [2.24, 2.45) is 5.73 Å². The highest BCUT2D eigenvalue weighted by atomic mass is 32.1. The second kappa shape index (κ2) is 3.96. The molecule has 1 saturated heterocycles. The van der Waals surface area contributed by atoms with Gasteiger partial charge < -0.3 is 10.5 Å². The Hall–Kier alpha value is -0.450. The summed E-state index contributed by atoms with van der Waals surface area (Å²) < 4.78 is 5.52. The molecule has 3 nitrogen and oxygen atoms in total. The molecule has 1 aliphatic rings. The maximum atomic E-state index is 5.55. The summed E-state index contributed by atoms with van der Waals surface area (Å²) in [6, 6.07) is 0. The molecule has 1 aromatic heterocycles. The summed E-state index contributed by atoms with van der Waals surface area (Å²) in [4.78, 5) is 4.54. The van der Waals surface area contributed by atoms with Crippen molar-refractivity contribution in [2.45, 2.75) is 31.7 Å². The topological polar surface area (TPSA) is 48.1 Å². The van der Waals surface area contributed by atoms with E-state index in [1.165, 1.54) is 11.4 Å². The van der Waals surface area contributed by atoms with Gasteiger partial charge in [-0.1, -0.05) is 6.92 Å². The Morgan fingerprint density at radius 1 is 1.71 bits per heavy atom. The van der Waals surface area contributed by atoms with Crippen molar-refractivity contribution in [1.29, 1.82) is 0 Å². The normalized spacial score (nSPS) is 27.9. The van der Waals surface area contributed by atoms with Gasteiger partial charge in [0.05, 0.1) is 12.3 Å². The van der Waals surface area contributed by atoms with Crippen LogP contribution in [0, 0.1) is 0 Å². The molecule has 0 amide bonds. The summed E-state index contributed by atoms with van der Waals surface area (Å²) in [5, 5.41) is 3.23. The molecule has 2 rings (SSSR count). The highest BCUT2D eigenvalue weighted by Gasteiger charge is 2.32. The number of hydrogen-bond acceptors (Lipinski definition) is 4. The number of aromatic nitrogens is 1. The number of rotatable bonds is 2. The molecule has 0 aliphatic carbocycles. The first-order valence-corrected chi connectivity index (χ1v) is 5.85. The number of thiazole rings is 1. The summed E-state index contributed by atoms with van der Waals surface area (Å²) in [7, 11) is 0. The highest BCUT2D eigenvalue weighted by Crippen LogP contribution is 2.34. The van der Waals surface area contributed by atoms with Crippen LogP contribution >= 0.6 is 11.3 Å². The fourth-order valence-corrected chi connectivity index (χ4v) is 2.79. The summed E-state index contributed by atoms with van der Waals surface area (Å²) in [6.07, 6.45) is 2.30. The van der Waals surface area contributed by atoms with Crippen molar-refractivity contribution in [3.63, 3.8) is 0 Å². The SMILES string of the molecule is CC1(c2nc(CN)cs2)CCCOC1. The van der Waals surface area contributed by atoms with Crippen molar-refractivity contribution in [3.05, 3.63) is 16.1 Å². The third-order valence-corrected chi connectivity index (χ3v) is 3.91. The molecule has 1 aromatic rings. The number of hydrogen-bond donors (Lipinski definition) is 1. The van der Waals surface area contributed by atoms with Gasteiger partial charge in [0.2, 0.25) is 0 Å². The monoisotopic (exact) mass is 212 g/mol. The molecule has 1 fully saturated rings. The van der Waals surface area contributed by atoms with Crippen LogP contribution in [0.5, 0.6) is 0 Å². The van der Waals surface area contributed by atoms with Gasteiger partial charge in [-0.3, -0.25) is 0 Å². The van der Waals surface area contributed by atoms with Crippen molar-refractivity contribution >= 4 is 11.3 Å². The van der Waals surface area contributed by atoms with E-state index >= 15 is 0 Å². The zero-order valence-corrected chi connectivity index (χ0v) is 9.27. The van der Waals surface area contributed by atoms with E-state index in [0.717, 1.165) is 25.3 Å². The molecule has 1 atom stereocenters. The Labute approximate surface area is 88.3 Å². The molecule has 0 radical (unpaired) electrons. The number of nitrogens with zero attached hydrogens (tertiary/aromatic N) is 1. The predicted molar refractivity (Wildman–Crippen MR) is 57.4 cm³/mol. The molecule has 0 bridgehead atoms.